The van der Waals surface area contributed by atoms with Crippen LogP contribution in [0.25, 0.3) is 0 Å². The van der Waals surface area contributed by atoms with Crippen molar-refractivity contribution < 1.29 is 4.74 Å². The second-order valence-corrected chi connectivity index (χ2v) is 5.79. The van der Waals surface area contributed by atoms with Crippen LogP contribution in [0.2, 0.25) is 10.0 Å². The van der Waals surface area contributed by atoms with Crippen molar-refractivity contribution in [1.82, 2.24) is 0 Å². The van der Waals surface area contributed by atoms with Crippen LogP contribution in [-0.2, 0) is 0 Å². The fourth-order valence-electron chi connectivity index (χ4n) is 2.05. The first kappa shape index (κ1) is 15.2. The Balaban J connectivity index is 2.36. The summed E-state index contributed by atoms with van der Waals surface area (Å²) in [6.45, 7) is 5.83. The lowest BCUT2D eigenvalue weighted by atomic mass is 10.1. The minimum absolute atomic E-state index is 0.0550. The van der Waals surface area contributed by atoms with Crippen LogP contribution >= 0.6 is 23.2 Å². The van der Waals surface area contributed by atoms with Gasteiger partial charge in [0, 0.05) is 11.1 Å². The van der Waals surface area contributed by atoms with E-state index in [9.17, 15) is 0 Å². The van der Waals surface area contributed by atoms with Crippen LogP contribution in [0.3, 0.4) is 0 Å². The molecule has 0 fully saturated rings. The smallest absolute Gasteiger partial charge is 0.146 e. The van der Waals surface area contributed by atoms with Crippen LogP contribution in [0, 0.1) is 13.8 Å². The Labute approximate surface area is 129 Å². The highest BCUT2D eigenvalue weighted by atomic mass is 35.5. The van der Waals surface area contributed by atoms with E-state index in [0.29, 0.717) is 15.8 Å². The summed E-state index contributed by atoms with van der Waals surface area (Å²) in [5.74, 6) is 1.40. The van der Waals surface area contributed by atoms with Gasteiger partial charge < -0.3 is 10.5 Å². The fraction of sp³-hybridized carbons (Fsp3) is 0.250. The highest BCUT2D eigenvalue weighted by Gasteiger charge is 2.11. The molecule has 0 aliphatic carbocycles. The van der Waals surface area contributed by atoms with Crippen LogP contribution in [0.4, 0.5) is 0 Å². The zero-order valence-corrected chi connectivity index (χ0v) is 13.2. The molecular weight excluding hydrogens is 293 g/mol. The molecule has 2 nitrogen and oxygen atoms in total. The number of hydrogen-bond acceptors (Lipinski definition) is 2. The van der Waals surface area contributed by atoms with Gasteiger partial charge in [0.25, 0.3) is 0 Å². The van der Waals surface area contributed by atoms with E-state index < -0.39 is 0 Å². The molecule has 0 bridgehead atoms. The van der Waals surface area contributed by atoms with Crippen molar-refractivity contribution in [3.05, 3.63) is 57.1 Å². The first-order chi connectivity index (χ1) is 9.38. The molecule has 0 unspecified atom stereocenters. The van der Waals surface area contributed by atoms with E-state index >= 15 is 0 Å². The highest BCUT2D eigenvalue weighted by Crippen LogP contribution is 2.35. The minimum Gasteiger partial charge on any atom is -0.455 e. The van der Waals surface area contributed by atoms with Gasteiger partial charge >= 0.3 is 0 Å². The maximum atomic E-state index is 6.25. The molecule has 0 heterocycles. The maximum Gasteiger partial charge on any atom is 0.146 e. The van der Waals surface area contributed by atoms with Crippen LogP contribution in [0.1, 0.15) is 29.7 Å². The van der Waals surface area contributed by atoms with Crippen molar-refractivity contribution in [3.63, 3.8) is 0 Å². The average molecular weight is 310 g/mol. The van der Waals surface area contributed by atoms with E-state index in [1.54, 1.807) is 0 Å². The number of ether oxygens (including phenoxy) is 1. The molecule has 0 aromatic heterocycles. The Bertz CT molecular complexity index is 615. The molecule has 0 saturated heterocycles. The first-order valence-electron chi connectivity index (χ1n) is 6.38. The number of aryl methyl sites for hydroxylation is 2. The molecule has 0 spiro atoms. The quantitative estimate of drug-likeness (QED) is 0.821. The Kier molecular flexibility index (Phi) is 4.59. The number of halogens is 2. The normalized spacial score (nSPS) is 12.3. The number of benzene rings is 2. The third-order valence-corrected chi connectivity index (χ3v) is 3.63. The summed E-state index contributed by atoms with van der Waals surface area (Å²) in [7, 11) is 0. The van der Waals surface area contributed by atoms with E-state index in [4.69, 9.17) is 33.7 Å². The van der Waals surface area contributed by atoms with Crippen molar-refractivity contribution in [3.8, 4) is 11.5 Å². The van der Waals surface area contributed by atoms with Gasteiger partial charge in [0.15, 0.2) is 0 Å². The van der Waals surface area contributed by atoms with Crippen LogP contribution in [-0.4, -0.2) is 0 Å². The largest absolute Gasteiger partial charge is 0.455 e. The van der Waals surface area contributed by atoms with E-state index in [2.05, 4.69) is 0 Å². The molecule has 2 aromatic carbocycles. The molecular formula is C16H17Cl2NO. The predicted molar refractivity (Wildman–Crippen MR) is 85.1 cm³/mol. The van der Waals surface area contributed by atoms with Gasteiger partial charge in [-0.3, -0.25) is 0 Å². The van der Waals surface area contributed by atoms with E-state index in [0.717, 1.165) is 22.4 Å². The molecule has 0 aliphatic heterocycles. The third-order valence-electron chi connectivity index (χ3n) is 3.12. The van der Waals surface area contributed by atoms with Gasteiger partial charge in [0.2, 0.25) is 0 Å². The molecule has 106 valence electrons. The summed E-state index contributed by atoms with van der Waals surface area (Å²) in [5.41, 5.74) is 8.76. The Morgan fingerprint density at radius 2 is 1.65 bits per heavy atom. The predicted octanol–water partition coefficient (Wildman–Crippen LogP) is 5.42. The number of nitrogens with two attached hydrogens (primary N) is 1. The summed E-state index contributed by atoms with van der Waals surface area (Å²) in [4.78, 5) is 0. The molecule has 0 radical (unpaired) electrons. The van der Waals surface area contributed by atoms with Crippen molar-refractivity contribution in [2.45, 2.75) is 26.8 Å². The number of rotatable bonds is 3. The van der Waals surface area contributed by atoms with Gasteiger partial charge in [-0.15, -0.1) is 0 Å². The summed E-state index contributed by atoms with van der Waals surface area (Å²) in [6, 6.07) is 9.28. The highest BCUT2D eigenvalue weighted by molar-refractivity contribution is 6.32. The maximum absolute atomic E-state index is 6.25. The van der Waals surface area contributed by atoms with Crippen LogP contribution < -0.4 is 10.5 Å². The van der Waals surface area contributed by atoms with Crippen molar-refractivity contribution in [1.29, 1.82) is 0 Å². The Hall–Kier alpha value is -1.22. The van der Waals surface area contributed by atoms with Crippen molar-refractivity contribution in [2.24, 2.45) is 5.73 Å². The SMILES string of the molecule is Cc1cc(Cl)cc(C)c1Oc1ccc([C@@H](C)N)cc1Cl. The summed E-state index contributed by atoms with van der Waals surface area (Å²) < 4.78 is 5.93. The second-order valence-electron chi connectivity index (χ2n) is 4.95. The Morgan fingerprint density at radius 3 is 2.15 bits per heavy atom. The first-order valence-corrected chi connectivity index (χ1v) is 7.13. The lowest BCUT2D eigenvalue weighted by Gasteiger charge is -2.14. The zero-order valence-electron chi connectivity index (χ0n) is 11.7. The monoisotopic (exact) mass is 309 g/mol. The van der Waals surface area contributed by atoms with Crippen LogP contribution in [0.5, 0.6) is 11.5 Å². The van der Waals surface area contributed by atoms with Crippen molar-refractivity contribution in [2.75, 3.05) is 0 Å². The van der Waals surface area contributed by atoms with Gasteiger partial charge in [0.05, 0.1) is 5.02 Å². The molecule has 2 N–H and O–H groups in total. The summed E-state index contributed by atoms with van der Waals surface area (Å²) >= 11 is 12.3. The minimum atomic E-state index is -0.0550. The second kappa shape index (κ2) is 6.04. The standard InChI is InChI=1S/C16H17Cl2NO/c1-9-6-13(17)7-10(2)16(9)20-15-5-4-12(11(3)19)8-14(15)18/h4-8,11H,19H2,1-3H3/t11-/m1/s1. The molecule has 2 aromatic rings. The van der Waals surface area contributed by atoms with Gasteiger partial charge in [-0.1, -0.05) is 29.3 Å². The van der Waals surface area contributed by atoms with Gasteiger partial charge in [-0.05, 0) is 61.7 Å². The zero-order chi connectivity index (χ0) is 14.9. The lowest BCUT2D eigenvalue weighted by Crippen LogP contribution is -2.04. The Morgan fingerprint density at radius 1 is 1.05 bits per heavy atom. The molecule has 0 saturated carbocycles. The summed E-state index contributed by atoms with van der Waals surface area (Å²) in [5, 5.41) is 1.25. The lowest BCUT2D eigenvalue weighted by molar-refractivity contribution is 0.475. The fourth-order valence-corrected chi connectivity index (χ4v) is 2.61. The molecule has 2 rings (SSSR count). The van der Waals surface area contributed by atoms with E-state index in [1.807, 2.05) is 51.1 Å². The van der Waals surface area contributed by atoms with Crippen LogP contribution in [0.15, 0.2) is 30.3 Å². The van der Waals surface area contributed by atoms with Gasteiger partial charge in [-0.2, -0.15) is 0 Å². The molecule has 4 heteroatoms. The summed E-state index contributed by atoms with van der Waals surface area (Å²) in [6.07, 6.45) is 0. The van der Waals surface area contributed by atoms with E-state index in [1.165, 1.54) is 0 Å². The van der Waals surface area contributed by atoms with Gasteiger partial charge in [0.1, 0.15) is 11.5 Å². The average Bonchev–Trinajstić information content (AvgIpc) is 2.34. The van der Waals surface area contributed by atoms with E-state index in [-0.39, 0.29) is 6.04 Å². The number of hydrogen-bond donors (Lipinski definition) is 1. The molecule has 1 atom stereocenters. The third kappa shape index (κ3) is 3.26. The topological polar surface area (TPSA) is 35.2 Å². The molecule has 0 aliphatic rings. The molecule has 20 heavy (non-hydrogen) atoms. The van der Waals surface area contributed by atoms with Crippen molar-refractivity contribution >= 4 is 23.2 Å². The van der Waals surface area contributed by atoms with Gasteiger partial charge in [-0.25, -0.2) is 0 Å². The molecule has 0 amide bonds.